The molecule has 3 nitrogen and oxygen atoms in total. The first-order valence-corrected chi connectivity index (χ1v) is 6.64. The fourth-order valence-corrected chi connectivity index (χ4v) is 1.98. The third kappa shape index (κ3) is 4.14. The standard InChI is InChI=1S/C18H16O3/c1-14(20)21-13-18(15-7-3-2-4-8-15)11-16-9-5-6-10-17(16)12-19/h2-12H,13H2,1H3/b18-11-. The Labute approximate surface area is 123 Å². The average molecular weight is 280 g/mol. The quantitative estimate of drug-likeness (QED) is 0.477. The lowest BCUT2D eigenvalue weighted by Gasteiger charge is -2.09. The van der Waals surface area contributed by atoms with Gasteiger partial charge in [-0.15, -0.1) is 0 Å². The lowest BCUT2D eigenvalue weighted by Crippen LogP contribution is -2.03. The first-order chi connectivity index (χ1) is 10.2. The van der Waals surface area contributed by atoms with Crippen molar-refractivity contribution in [2.24, 2.45) is 0 Å². The van der Waals surface area contributed by atoms with E-state index in [0.717, 1.165) is 23.0 Å². The number of carbonyl (C=O) groups excluding carboxylic acids is 2. The van der Waals surface area contributed by atoms with Gasteiger partial charge in [-0.05, 0) is 22.8 Å². The van der Waals surface area contributed by atoms with Crippen molar-refractivity contribution in [2.45, 2.75) is 6.92 Å². The van der Waals surface area contributed by atoms with Crippen molar-refractivity contribution in [1.29, 1.82) is 0 Å². The second kappa shape index (κ2) is 7.20. The van der Waals surface area contributed by atoms with Crippen LogP contribution in [0.25, 0.3) is 11.6 Å². The Kier molecular flexibility index (Phi) is 5.04. The molecule has 0 heterocycles. The zero-order valence-corrected chi connectivity index (χ0v) is 11.8. The van der Waals surface area contributed by atoms with Gasteiger partial charge in [0.05, 0.1) is 0 Å². The van der Waals surface area contributed by atoms with E-state index in [1.807, 2.05) is 54.6 Å². The molecule has 0 N–H and O–H groups in total. The van der Waals surface area contributed by atoms with Crippen molar-refractivity contribution in [3.63, 3.8) is 0 Å². The molecule has 0 atom stereocenters. The van der Waals surface area contributed by atoms with Crippen molar-refractivity contribution < 1.29 is 14.3 Å². The molecule has 2 aromatic carbocycles. The first kappa shape index (κ1) is 14.7. The number of carbonyl (C=O) groups is 2. The van der Waals surface area contributed by atoms with Crippen LogP contribution in [0.15, 0.2) is 54.6 Å². The summed E-state index contributed by atoms with van der Waals surface area (Å²) in [4.78, 5) is 22.1. The van der Waals surface area contributed by atoms with E-state index in [0.29, 0.717) is 5.56 Å². The molecule has 2 aromatic rings. The molecule has 2 rings (SSSR count). The van der Waals surface area contributed by atoms with Crippen molar-refractivity contribution >= 4 is 23.9 Å². The molecule has 0 fully saturated rings. The van der Waals surface area contributed by atoms with Crippen LogP contribution in [0.4, 0.5) is 0 Å². The fourth-order valence-electron chi connectivity index (χ4n) is 1.98. The highest BCUT2D eigenvalue weighted by atomic mass is 16.5. The maximum absolute atomic E-state index is 11.1. The molecule has 0 unspecified atom stereocenters. The monoisotopic (exact) mass is 280 g/mol. The van der Waals surface area contributed by atoms with E-state index in [9.17, 15) is 9.59 Å². The van der Waals surface area contributed by atoms with Gasteiger partial charge in [0.1, 0.15) is 6.61 Å². The summed E-state index contributed by atoms with van der Waals surface area (Å²) in [5.74, 6) is -0.333. The maximum atomic E-state index is 11.1. The number of ether oxygens (including phenoxy) is 1. The van der Waals surface area contributed by atoms with Crippen LogP contribution in [0.5, 0.6) is 0 Å². The van der Waals surface area contributed by atoms with Gasteiger partial charge in [-0.3, -0.25) is 9.59 Å². The number of aldehydes is 1. The van der Waals surface area contributed by atoms with Gasteiger partial charge in [-0.25, -0.2) is 0 Å². The van der Waals surface area contributed by atoms with Crippen LogP contribution in [0, 0.1) is 0 Å². The van der Waals surface area contributed by atoms with Crippen molar-refractivity contribution in [3.8, 4) is 0 Å². The number of rotatable bonds is 5. The van der Waals surface area contributed by atoms with Crippen LogP contribution < -0.4 is 0 Å². The smallest absolute Gasteiger partial charge is 0.302 e. The summed E-state index contributed by atoms with van der Waals surface area (Å²) in [6, 6.07) is 16.9. The first-order valence-electron chi connectivity index (χ1n) is 6.64. The number of esters is 1. The number of hydrogen-bond acceptors (Lipinski definition) is 3. The van der Waals surface area contributed by atoms with Gasteiger partial charge in [0.2, 0.25) is 0 Å². The summed E-state index contributed by atoms with van der Waals surface area (Å²) >= 11 is 0. The molecule has 0 radical (unpaired) electrons. The fraction of sp³-hybridized carbons (Fsp3) is 0.111. The van der Waals surface area contributed by atoms with E-state index in [1.165, 1.54) is 6.92 Å². The molecule has 0 aliphatic rings. The normalized spacial score (nSPS) is 11.0. The third-order valence-electron chi connectivity index (χ3n) is 3.03. The van der Waals surface area contributed by atoms with Crippen molar-refractivity contribution in [2.75, 3.05) is 6.61 Å². The Morgan fingerprint density at radius 3 is 2.24 bits per heavy atom. The summed E-state index contributed by atoms with van der Waals surface area (Å²) in [5, 5.41) is 0. The lowest BCUT2D eigenvalue weighted by atomic mass is 10.0. The van der Waals surface area contributed by atoms with Gasteiger partial charge < -0.3 is 4.74 Å². The SMILES string of the molecule is CC(=O)OC/C(=C/c1ccccc1C=O)c1ccccc1. The summed E-state index contributed by atoms with van der Waals surface area (Å²) < 4.78 is 5.11. The lowest BCUT2D eigenvalue weighted by molar-refractivity contribution is -0.139. The van der Waals surface area contributed by atoms with Crippen LogP contribution in [-0.4, -0.2) is 18.9 Å². The molecule has 0 spiro atoms. The van der Waals surface area contributed by atoms with Crippen molar-refractivity contribution in [3.05, 3.63) is 71.3 Å². The topological polar surface area (TPSA) is 43.4 Å². The highest BCUT2D eigenvalue weighted by molar-refractivity contribution is 5.89. The highest BCUT2D eigenvalue weighted by Gasteiger charge is 2.06. The zero-order valence-electron chi connectivity index (χ0n) is 11.8. The molecule has 106 valence electrons. The second-order valence-corrected chi connectivity index (χ2v) is 4.56. The predicted molar refractivity (Wildman–Crippen MR) is 82.8 cm³/mol. The van der Waals surface area contributed by atoms with Gasteiger partial charge in [-0.1, -0.05) is 54.6 Å². The van der Waals surface area contributed by atoms with Gasteiger partial charge in [0.25, 0.3) is 0 Å². The van der Waals surface area contributed by atoms with E-state index in [4.69, 9.17) is 4.74 Å². The Balaban J connectivity index is 2.41. The minimum atomic E-state index is -0.333. The Morgan fingerprint density at radius 1 is 1.00 bits per heavy atom. The molecule has 0 saturated heterocycles. The van der Waals surface area contributed by atoms with Gasteiger partial charge in [-0.2, -0.15) is 0 Å². The average Bonchev–Trinajstić information content (AvgIpc) is 2.52. The number of benzene rings is 2. The molecule has 0 aliphatic carbocycles. The molecule has 0 saturated carbocycles. The van der Waals surface area contributed by atoms with Gasteiger partial charge >= 0.3 is 5.97 Å². The molecule has 3 heteroatoms. The molecule has 0 amide bonds. The zero-order chi connectivity index (χ0) is 15.1. The van der Waals surface area contributed by atoms with Gasteiger partial charge in [0.15, 0.2) is 6.29 Å². The Morgan fingerprint density at radius 2 is 1.62 bits per heavy atom. The van der Waals surface area contributed by atoms with E-state index in [2.05, 4.69) is 0 Å². The molecule has 21 heavy (non-hydrogen) atoms. The molecule has 0 bridgehead atoms. The minimum Gasteiger partial charge on any atom is -0.461 e. The summed E-state index contributed by atoms with van der Waals surface area (Å²) in [6.45, 7) is 1.55. The summed E-state index contributed by atoms with van der Waals surface area (Å²) in [7, 11) is 0. The van der Waals surface area contributed by atoms with Gasteiger partial charge in [0, 0.05) is 12.5 Å². The van der Waals surface area contributed by atoms with Crippen LogP contribution in [0.1, 0.15) is 28.4 Å². The summed E-state index contributed by atoms with van der Waals surface area (Å²) in [6.07, 6.45) is 2.70. The number of hydrogen-bond donors (Lipinski definition) is 0. The van der Waals surface area contributed by atoms with Crippen LogP contribution >= 0.6 is 0 Å². The Hall–Kier alpha value is -2.68. The molecule has 0 aromatic heterocycles. The highest BCUT2D eigenvalue weighted by Crippen LogP contribution is 2.20. The van der Waals surface area contributed by atoms with E-state index in [-0.39, 0.29) is 12.6 Å². The van der Waals surface area contributed by atoms with E-state index >= 15 is 0 Å². The Bertz CT molecular complexity index is 657. The van der Waals surface area contributed by atoms with E-state index in [1.54, 1.807) is 6.07 Å². The summed E-state index contributed by atoms with van der Waals surface area (Å²) in [5.41, 5.74) is 3.21. The molecule has 0 aliphatic heterocycles. The van der Waals surface area contributed by atoms with Crippen LogP contribution in [0.3, 0.4) is 0 Å². The van der Waals surface area contributed by atoms with E-state index < -0.39 is 0 Å². The maximum Gasteiger partial charge on any atom is 0.302 e. The second-order valence-electron chi connectivity index (χ2n) is 4.56. The van der Waals surface area contributed by atoms with Crippen molar-refractivity contribution in [1.82, 2.24) is 0 Å². The third-order valence-corrected chi connectivity index (χ3v) is 3.03. The van der Waals surface area contributed by atoms with Crippen LogP contribution in [-0.2, 0) is 9.53 Å². The largest absolute Gasteiger partial charge is 0.461 e. The minimum absolute atomic E-state index is 0.173. The van der Waals surface area contributed by atoms with Crippen LogP contribution in [0.2, 0.25) is 0 Å². The molecular weight excluding hydrogens is 264 g/mol. The predicted octanol–water partition coefficient (Wildman–Crippen LogP) is 3.60. The molecular formula is C18H16O3.